The quantitative estimate of drug-likeness (QED) is 0.453. The van der Waals surface area contributed by atoms with Gasteiger partial charge in [-0.05, 0) is 43.9 Å². The normalized spacial score (nSPS) is 17.5. The van der Waals surface area contributed by atoms with Crippen LogP contribution < -0.4 is 4.90 Å². The van der Waals surface area contributed by atoms with Gasteiger partial charge in [0.05, 0.1) is 0 Å². The number of hydrogen-bond acceptors (Lipinski definition) is 5. The van der Waals surface area contributed by atoms with E-state index in [0.29, 0.717) is 6.04 Å². The lowest BCUT2D eigenvalue weighted by molar-refractivity contribution is 0.566. The lowest BCUT2D eigenvalue weighted by atomic mass is 10.0. The van der Waals surface area contributed by atoms with Crippen LogP contribution in [0.1, 0.15) is 37.8 Å². The Morgan fingerprint density at radius 1 is 1.29 bits per heavy atom. The van der Waals surface area contributed by atoms with Gasteiger partial charge in [0.1, 0.15) is 5.82 Å². The molecule has 0 N–H and O–H groups in total. The second kappa shape index (κ2) is 10.2. The molecule has 1 aromatic heterocycles. The molecule has 1 aliphatic heterocycles. The summed E-state index contributed by atoms with van der Waals surface area (Å²) < 4.78 is 0. The Hall–Kier alpha value is -3.21. The van der Waals surface area contributed by atoms with E-state index in [1.807, 2.05) is 50.5 Å². The molecule has 5 nitrogen and oxygen atoms in total. The number of aromatic nitrogens is 2. The van der Waals surface area contributed by atoms with Crippen LogP contribution in [0.15, 0.2) is 60.4 Å². The van der Waals surface area contributed by atoms with Crippen molar-refractivity contribution in [3.05, 3.63) is 66.5 Å². The van der Waals surface area contributed by atoms with Crippen LogP contribution in [0.5, 0.6) is 0 Å². The molecule has 0 bridgehead atoms. The van der Waals surface area contributed by atoms with Crippen molar-refractivity contribution >= 4 is 23.2 Å². The number of benzene rings is 1. The summed E-state index contributed by atoms with van der Waals surface area (Å²) >= 11 is 0. The van der Waals surface area contributed by atoms with E-state index in [2.05, 4.69) is 53.9 Å². The van der Waals surface area contributed by atoms with E-state index in [1.165, 1.54) is 12.8 Å². The van der Waals surface area contributed by atoms with Gasteiger partial charge in [0.15, 0.2) is 5.82 Å². The molecular formula is C26H33N5. The summed E-state index contributed by atoms with van der Waals surface area (Å²) in [5, 5.41) is 0. The Kier molecular flexibility index (Phi) is 7.40. The Morgan fingerprint density at radius 2 is 2.10 bits per heavy atom. The fourth-order valence-corrected chi connectivity index (χ4v) is 3.98. The summed E-state index contributed by atoms with van der Waals surface area (Å²) in [6.45, 7) is 9.28. The zero-order valence-electron chi connectivity index (χ0n) is 19.3. The van der Waals surface area contributed by atoms with Crippen molar-refractivity contribution < 1.29 is 0 Å². The van der Waals surface area contributed by atoms with E-state index in [0.717, 1.165) is 46.0 Å². The van der Waals surface area contributed by atoms with Crippen molar-refractivity contribution in [2.24, 2.45) is 4.99 Å². The second-order valence-electron chi connectivity index (χ2n) is 8.08. The maximum absolute atomic E-state index is 5.07. The van der Waals surface area contributed by atoms with E-state index in [4.69, 9.17) is 9.97 Å². The fraction of sp³-hybridized carbons (Fsp3) is 0.346. The lowest BCUT2D eigenvalue weighted by Gasteiger charge is -2.25. The molecule has 0 amide bonds. The number of aliphatic imine (C=N–C) groups is 1. The van der Waals surface area contributed by atoms with E-state index in [-0.39, 0.29) is 0 Å². The van der Waals surface area contributed by atoms with Crippen molar-refractivity contribution in [1.82, 2.24) is 14.9 Å². The highest BCUT2D eigenvalue weighted by Gasteiger charge is 2.25. The average molecular weight is 416 g/mol. The Balaban J connectivity index is 2.11. The van der Waals surface area contributed by atoms with Gasteiger partial charge >= 0.3 is 0 Å². The van der Waals surface area contributed by atoms with E-state index >= 15 is 0 Å². The van der Waals surface area contributed by atoms with Crippen LogP contribution in [0.4, 0.5) is 5.82 Å². The zero-order valence-corrected chi connectivity index (χ0v) is 19.3. The maximum atomic E-state index is 5.07. The van der Waals surface area contributed by atoms with Gasteiger partial charge in [-0.1, -0.05) is 36.9 Å². The first-order chi connectivity index (χ1) is 15.0. The molecule has 2 heterocycles. The molecule has 1 aliphatic rings. The predicted molar refractivity (Wildman–Crippen MR) is 133 cm³/mol. The van der Waals surface area contributed by atoms with Crippen LogP contribution in [-0.2, 0) is 0 Å². The summed E-state index contributed by atoms with van der Waals surface area (Å²) in [6, 6.07) is 8.80. The molecule has 1 aromatic carbocycles. The van der Waals surface area contributed by atoms with Crippen LogP contribution in [0.25, 0.3) is 22.5 Å². The Morgan fingerprint density at radius 3 is 2.71 bits per heavy atom. The molecule has 0 aliphatic carbocycles. The highest BCUT2D eigenvalue weighted by molar-refractivity contribution is 6.11. The van der Waals surface area contributed by atoms with E-state index in [9.17, 15) is 0 Å². The van der Waals surface area contributed by atoms with Crippen LogP contribution >= 0.6 is 0 Å². The van der Waals surface area contributed by atoms with Gasteiger partial charge in [-0.3, -0.25) is 4.99 Å². The van der Waals surface area contributed by atoms with Gasteiger partial charge in [0, 0.05) is 69.0 Å². The van der Waals surface area contributed by atoms with E-state index < -0.39 is 0 Å². The molecular weight excluding hydrogens is 382 g/mol. The van der Waals surface area contributed by atoms with Gasteiger partial charge < -0.3 is 9.80 Å². The van der Waals surface area contributed by atoms with Gasteiger partial charge in [-0.15, -0.1) is 0 Å². The molecule has 1 saturated heterocycles. The third-order valence-corrected chi connectivity index (χ3v) is 5.56. The monoisotopic (exact) mass is 415 g/mol. The van der Waals surface area contributed by atoms with Gasteiger partial charge in [-0.2, -0.15) is 0 Å². The molecule has 0 spiro atoms. The van der Waals surface area contributed by atoms with Crippen LogP contribution in [0.2, 0.25) is 0 Å². The SMILES string of the molecule is C=C/C(=C\N(C)C)c1cccc(-c2ncc(/C(C=NC)=C/C)c(N3CCC[C@H]3C)n2)c1. The molecule has 2 aromatic rings. The maximum Gasteiger partial charge on any atom is 0.161 e. The third kappa shape index (κ3) is 5.10. The molecule has 1 fully saturated rings. The number of hydrogen-bond donors (Lipinski definition) is 0. The van der Waals surface area contributed by atoms with E-state index in [1.54, 1.807) is 7.05 Å². The van der Waals surface area contributed by atoms with Gasteiger partial charge in [0.2, 0.25) is 0 Å². The van der Waals surface area contributed by atoms with Crippen molar-refractivity contribution in [3.63, 3.8) is 0 Å². The molecule has 162 valence electrons. The minimum absolute atomic E-state index is 0.458. The number of allylic oxidation sites excluding steroid dienone is 4. The summed E-state index contributed by atoms with van der Waals surface area (Å²) in [4.78, 5) is 18.5. The Labute approximate surface area is 186 Å². The predicted octanol–water partition coefficient (Wildman–Crippen LogP) is 5.32. The fourth-order valence-electron chi connectivity index (χ4n) is 3.98. The van der Waals surface area contributed by atoms with Crippen molar-refractivity contribution in [2.75, 3.05) is 32.6 Å². The summed E-state index contributed by atoms with van der Waals surface area (Å²) in [5.74, 6) is 1.72. The molecule has 1 atom stereocenters. The molecule has 3 rings (SSSR count). The number of anilines is 1. The highest BCUT2D eigenvalue weighted by atomic mass is 15.2. The minimum Gasteiger partial charge on any atom is -0.383 e. The van der Waals surface area contributed by atoms with Gasteiger partial charge in [0.25, 0.3) is 0 Å². The van der Waals surface area contributed by atoms with Crippen LogP contribution in [-0.4, -0.2) is 54.8 Å². The van der Waals surface area contributed by atoms with Crippen LogP contribution in [0, 0.1) is 0 Å². The van der Waals surface area contributed by atoms with Crippen molar-refractivity contribution in [1.29, 1.82) is 0 Å². The summed E-state index contributed by atoms with van der Waals surface area (Å²) in [6.07, 6.45) is 12.2. The molecule has 5 heteroatoms. The first-order valence-corrected chi connectivity index (χ1v) is 10.8. The molecule has 0 saturated carbocycles. The first kappa shape index (κ1) is 22.5. The first-order valence-electron chi connectivity index (χ1n) is 10.8. The number of rotatable bonds is 7. The zero-order chi connectivity index (χ0) is 22.4. The highest BCUT2D eigenvalue weighted by Crippen LogP contribution is 2.32. The third-order valence-electron chi connectivity index (χ3n) is 5.56. The minimum atomic E-state index is 0.458. The Bertz CT molecular complexity index is 1020. The standard InChI is InChI=1S/C26H33N5/c1-7-20(16-27-4)24-17-28-25(29-26(24)31-14-10-11-19(31)3)23-13-9-12-22(15-23)21(8-2)18-30(5)6/h7-9,12-13,15-19H,2,10-11,14H2,1,3-6H3/b20-7+,21-18+,27-16?/t19-/m1/s1. The topological polar surface area (TPSA) is 44.6 Å². The number of nitrogens with zero attached hydrogens (tertiary/aromatic N) is 5. The lowest BCUT2D eigenvalue weighted by Crippen LogP contribution is -2.28. The summed E-state index contributed by atoms with van der Waals surface area (Å²) in [7, 11) is 5.81. The van der Waals surface area contributed by atoms with Crippen molar-refractivity contribution in [3.8, 4) is 11.4 Å². The average Bonchev–Trinajstić information content (AvgIpc) is 3.21. The van der Waals surface area contributed by atoms with Crippen molar-refractivity contribution in [2.45, 2.75) is 32.7 Å². The molecule has 0 radical (unpaired) electrons. The smallest absolute Gasteiger partial charge is 0.161 e. The molecule has 31 heavy (non-hydrogen) atoms. The molecule has 0 unspecified atom stereocenters. The van der Waals surface area contributed by atoms with Crippen LogP contribution in [0.3, 0.4) is 0 Å². The second-order valence-corrected chi connectivity index (χ2v) is 8.08. The summed E-state index contributed by atoms with van der Waals surface area (Å²) in [5.41, 5.74) is 5.22. The van der Waals surface area contributed by atoms with Gasteiger partial charge in [-0.25, -0.2) is 9.97 Å². The largest absolute Gasteiger partial charge is 0.383 e.